The van der Waals surface area contributed by atoms with Crippen LogP contribution >= 0.6 is 0 Å². The second kappa shape index (κ2) is 6.39. The van der Waals surface area contributed by atoms with E-state index < -0.39 is 17.5 Å². The zero-order valence-electron chi connectivity index (χ0n) is 11.1. The highest BCUT2D eigenvalue weighted by Gasteiger charge is 2.23. The molecule has 1 unspecified atom stereocenters. The van der Waals surface area contributed by atoms with Crippen molar-refractivity contribution in [1.29, 1.82) is 0 Å². The summed E-state index contributed by atoms with van der Waals surface area (Å²) in [5.74, 6) is -2.80. The molecule has 1 aromatic rings. The Morgan fingerprint density at radius 2 is 1.95 bits per heavy atom. The van der Waals surface area contributed by atoms with Crippen LogP contribution in [0.1, 0.15) is 25.3 Å². The van der Waals surface area contributed by atoms with Crippen LogP contribution in [-0.2, 0) is 6.54 Å². The lowest BCUT2D eigenvalue weighted by atomic mass is 10.1. The van der Waals surface area contributed by atoms with Crippen molar-refractivity contribution in [3.8, 4) is 0 Å². The third kappa shape index (κ3) is 3.48. The van der Waals surface area contributed by atoms with E-state index in [2.05, 4.69) is 17.1 Å². The van der Waals surface area contributed by atoms with E-state index in [9.17, 15) is 13.2 Å². The molecule has 1 N–H and O–H groups in total. The molecule has 0 bridgehead atoms. The molecule has 0 saturated carbocycles. The van der Waals surface area contributed by atoms with Gasteiger partial charge in [-0.25, -0.2) is 13.2 Å². The van der Waals surface area contributed by atoms with Crippen molar-refractivity contribution in [3.05, 3.63) is 35.1 Å². The molecule has 1 saturated heterocycles. The Morgan fingerprint density at radius 3 is 2.58 bits per heavy atom. The van der Waals surface area contributed by atoms with Gasteiger partial charge in [-0.05, 0) is 32.0 Å². The molecule has 106 valence electrons. The van der Waals surface area contributed by atoms with Gasteiger partial charge in [0.15, 0.2) is 11.6 Å². The average Bonchev–Trinajstić information content (AvgIpc) is 2.89. The fraction of sp³-hybridized carbons (Fsp3) is 0.571. The fourth-order valence-corrected chi connectivity index (χ4v) is 2.53. The van der Waals surface area contributed by atoms with Crippen LogP contribution in [0.15, 0.2) is 12.1 Å². The summed E-state index contributed by atoms with van der Waals surface area (Å²) >= 11 is 0. The monoisotopic (exact) mass is 272 g/mol. The largest absolute Gasteiger partial charge is 0.315 e. The number of benzene rings is 1. The topological polar surface area (TPSA) is 15.3 Å². The summed E-state index contributed by atoms with van der Waals surface area (Å²) in [4.78, 5) is 2.13. The Bertz CT molecular complexity index is 431. The van der Waals surface area contributed by atoms with Crippen molar-refractivity contribution < 1.29 is 13.2 Å². The molecule has 1 aliphatic rings. The maximum atomic E-state index is 13.7. The highest BCUT2D eigenvalue weighted by atomic mass is 19.2. The van der Waals surface area contributed by atoms with Crippen LogP contribution in [0.3, 0.4) is 0 Å². The zero-order valence-corrected chi connectivity index (χ0v) is 11.1. The molecule has 0 aromatic heterocycles. The first-order chi connectivity index (χ1) is 9.11. The first kappa shape index (κ1) is 14.3. The summed E-state index contributed by atoms with van der Waals surface area (Å²) in [5, 5.41) is 3.26. The number of nitrogens with one attached hydrogen (secondary N) is 1. The highest BCUT2D eigenvalue weighted by molar-refractivity contribution is 5.20. The van der Waals surface area contributed by atoms with E-state index in [1.54, 1.807) is 0 Å². The Balaban J connectivity index is 2.14. The van der Waals surface area contributed by atoms with E-state index in [0.717, 1.165) is 38.5 Å². The van der Waals surface area contributed by atoms with Crippen molar-refractivity contribution in [1.82, 2.24) is 10.2 Å². The number of halogens is 3. The van der Waals surface area contributed by atoms with Crippen LogP contribution in [0.4, 0.5) is 13.2 Å². The molecule has 19 heavy (non-hydrogen) atoms. The van der Waals surface area contributed by atoms with Crippen molar-refractivity contribution in [3.63, 3.8) is 0 Å². The molecule has 0 radical (unpaired) electrons. The van der Waals surface area contributed by atoms with Crippen LogP contribution in [-0.4, -0.2) is 30.6 Å². The Morgan fingerprint density at radius 1 is 1.21 bits per heavy atom. The van der Waals surface area contributed by atoms with Crippen molar-refractivity contribution >= 4 is 0 Å². The van der Waals surface area contributed by atoms with Gasteiger partial charge in [0.1, 0.15) is 5.82 Å². The molecule has 0 amide bonds. The average molecular weight is 272 g/mol. The van der Waals surface area contributed by atoms with Crippen LogP contribution in [0.25, 0.3) is 0 Å². The van der Waals surface area contributed by atoms with Gasteiger partial charge in [0.05, 0.1) is 0 Å². The smallest absolute Gasteiger partial charge is 0.161 e. The summed E-state index contributed by atoms with van der Waals surface area (Å²) in [6.07, 6.45) is 1.95. The number of nitrogens with zero attached hydrogens (tertiary/aromatic N) is 1. The van der Waals surface area contributed by atoms with Crippen LogP contribution in [0.5, 0.6) is 0 Å². The minimum atomic E-state index is -1.13. The van der Waals surface area contributed by atoms with Crippen LogP contribution in [0, 0.1) is 17.5 Å². The minimum absolute atomic E-state index is 0.222. The van der Waals surface area contributed by atoms with Gasteiger partial charge in [0, 0.05) is 30.8 Å². The van der Waals surface area contributed by atoms with E-state index >= 15 is 0 Å². The van der Waals surface area contributed by atoms with E-state index in [1.165, 1.54) is 0 Å². The first-order valence-corrected chi connectivity index (χ1v) is 6.70. The third-order valence-corrected chi connectivity index (χ3v) is 3.52. The summed E-state index contributed by atoms with van der Waals surface area (Å²) in [5.41, 5.74) is 0.222. The van der Waals surface area contributed by atoms with Crippen LogP contribution in [0.2, 0.25) is 0 Å². The Kier molecular flexibility index (Phi) is 4.82. The molecule has 1 fully saturated rings. The van der Waals surface area contributed by atoms with Gasteiger partial charge in [-0.1, -0.05) is 6.92 Å². The van der Waals surface area contributed by atoms with Crippen molar-refractivity contribution in [2.24, 2.45) is 0 Å². The lowest BCUT2D eigenvalue weighted by Crippen LogP contribution is -2.37. The van der Waals surface area contributed by atoms with E-state index in [0.29, 0.717) is 18.7 Å². The van der Waals surface area contributed by atoms with Crippen LogP contribution < -0.4 is 5.32 Å². The maximum absolute atomic E-state index is 13.7. The molecule has 1 heterocycles. The molecule has 0 spiro atoms. The van der Waals surface area contributed by atoms with Gasteiger partial charge >= 0.3 is 0 Å². The molecule has 2 nitrogen and oxygen atoms in total. The van der Waals surface area contributed by atoms with Gasteiger partial charge in [0.2, 0.25) is 0 Å². The lowest BCUT2D eigenvalue weighted by molar-refractivity contribution is 0.196. The lowest BCUT2D eigenvalue weighted by Gasteiger charge is -2.28. The SMILES string of the molecule is CCCN(Cc1cc(F)c(F)cc1F)C1CCNC1. The predicted octanol–water partition coefficient (Wildman–Crippen LogP) is 2.68. The maximum Gasteiger partial charge on any atom is 0.161 e. The van der Waals surface area contributed by atoms with Crippen molar-refractivity contribution in [2.45, 2.75) is 32.4 Å². The Labute approximate surface area is 111 Å². The molecular formula is C14H19F3N2. The second-order valence-electron chi connectivity index (χ2n) is 4.97. The highest BCUT2D eigenvalue weighted by Crippen LogP contribution is 2.19. The molecule has 2 rings (SSSR count). The van der Waals surface area contributed by atoms with Gasteiger partial charge < -0.3 is 5.32 Å². The first-order valence-electron chi connectivity index (χ1n) is 6.70. The van der Waals surface area contributed by atoms with Crippen molar-refractivity contribution in [2.75, 3.05) is 19.6 Å². The molecule has 1 aromatic carbocycles. The number of hydrogen-bond acceptors (Lipinski definition) is 2. The predicted molar refractivity (Wildman–Crippen MR) is 68.3 cm³/mol. The van der Waals surface area contributed by atoms with Gasteiger partial charge in [-0.2, -0.15) is 0 Å². The quantitative estimate of drug-likeness (QED) is 0.829. The van der Waals surface area contributed by atoms with E-state index in [4.69, 9.17) is 0 Å². The molecule has 0 aliphatic carbocycles. The van der Waals surface area contributed by atoms with E-state index in [-0.39, 0.29) is 5.56 Å². The molecular weight excluding hydrogens is 253 g/mol. The third-order valence-electron chi connectivity index (χ3n) is 3.52. The number of rotatable bonds is 5. The minimum Gasteiger partial charge on any atom is -0.315 e. The Hall–Kier alpha value is -1.07. The van der Waals surface area contributed by atoms with Gasteiger partial charge in [-0.15, -0.1) is 0 Å². The standard InChI is InChI=1S/C14H19F3N2/c1-2-5-19(11-3-4-18-8-11)9-10-6-13(16)14(17)7-12(10)15/h6-7,11,18H,2-5,8-9H2,1H3. The summed E-state index contributed by atoms with van der Waals surface area (Å²) in [6.45, 7) is 5.02. The normalized spacial score (nSPS) is 19.3. The van der Waals surface area contributed by atoms with E-state index in [1.807, 2.05) is 0 Å². The molecule has 1 atom stereocenters. The second-order valence-corrected chi connectivity index (χ2v) is 4.97. The zero-order chi connectivity index (χ0) is 13.8. The van der Waals surface area contributed by atoms with Gasteiger partial charge in [0.25, 0.3) is 0 Å². The van der Waals surface area contributed by atoms with Gasteiger partial charge in [-0.3, -0.25) is 4.90 Å². The summed E-state index contributed by atoms with van der Waals surface area (Å²) < 4.78 is 39.8. The number of hydrogen-bond donors (Lipinski definition) is 1. The summed E-state index contributed by atoms with van der Waals surface area (Å²) in [6, 6.07) is 1.93. The molecule has 5 heteroatoms. The fourth-order valence-electron chi connectivity index (χ4n) is 2.53. The summed E-state index contributed by atoms with van der Waals surface area (Å²) in [7, 11) is 0. The molecule has 1 aliphatic heterocycles.